The summed E-state index contributed by atoms with van der Waals surface area (Å²) in [5, 5.41) is 6.44. The van der Waals surface area contributed by atoms with Crippen molar-refractivity contribution in [1.29, 1.82) is 0 Å². The van der Waals surface area contributed by atoms with E-state index in [2.05, 4.69) is 15.6 Å². The highest BCUT2D eigenvalue weighted by Crippen LogP contribution is 2.27. The molecule has 1 aromatic heterocycles. The molecule has 0 bridgehead atoms. The van der Waals surface area contributed by atoms with Gasteiger partial charge in [-0.1, -0.05) is 23.5 Å². The Hall–Kier alpha value is -1.46. The van der Waals surface area contributed by atoms with Gasteiger partial charge in [-0.3, -0.25) is 4.79 Å². The van der Waals surface area contributed by atoms with Gasteiger partial charge in [-0.25, -0.2) is 4.98 Å². The zero-order valence-corrected chi connectivity index (χ0v) is 10.7. The van der Waals surface area contributed by atoms with Crippen LogP contribution in [0, 0.1) is 6.92 Å². The monoisotopic (exact) mass is 249 g/mol. The lowest BCUT2D eigenvalue weighted by molar-refractivity contribution is -0.116. The van der Waals surface area contributed by atoms with Crippen molar-refractivity contribution in [3.05, 3.63) is 23.8 Å². The molecule has 5 heteroatoms. The summed E-state index contributed by atoms with van der Waals surface area (Å²) in [6, 6.07) is 6.04. The molecule has 0 aliphatic heterocycles. The first-order valence-corrected chi connectivity index (χ1v) is 6.33. The normalized spacial score (nSPS) is 10.7. The van der Waals surface area contributed by atoms with Crippen molar-refractivity contribution in [3.63, 3.8) is 0 Å². The fraction of sp³-hybridized carbons (Fsp3) is 0.333. The zero-order chi connectivity index (χ0) is 12.3. The molecule has 0 fully saturated rings. The summed E-state index contributed by atoms with van der Waals surface area (Å²) in [6.07, 6.45) is 0.464. The molecule has 0 unspecified atom stereocenters. The van der Waals surface area contributed by atoms with Crippen molar-refractivity contribution in [2.45, 2.75) is 13.3 Å². The molecule has 0 atom stereocenters. The van der Waals surface area contributed by atoms with Crippen LogP contribution in [0.2, 0.25) is 0 Å². The van der Waals surface area contributed by atoms with Crippen molar-refractivity contribution >= 4 is 32.6 Å². The number of fused-ring (bicyclic) bond motifs is 1. The van der Waals surface area contributed by atoms with E-state index in [1.807, 2.05) is 32.2 Å². The summed E-state index contributed by atoms with van der Waals surface area (Å²) >= 11 is 1.51. The van der Waals surface area contributed by atoms with Gasteiger partial charge in [0, 0.05) is 13.0 Å². The summed E-state index contributed by atoms with van der Waals surface area (Å²) in [6.45, 7) is 2.70. The molecule has 1 heterocycles. The summed E-state index contributed by atoms with van der Waals surface area (Å²) in [5.74, 6) is -0.00365. The Balaban J connectivity index is 2.14. The fourth-order valence-corrected chi connectivity index (χ4v) is 2.52. The van der Waals surface area contributed by atoms with Gasteiger partial charge in [0.25, 0.3) is 0 Å². The first-order valence-electron chi connectivity index (χ1n) is 5.51. The molecule has 0 radical (unpaired) electrons. The van der Waals surface area contributed by atoms with Crippen LogP contribution in [0.3, 0.4) is 0 Å². The molecule has 2 N–H and O–H groups in total. The number of anilines is 1. The Labute approximate surface area is 104 Å². The van der Waals surface area contributed by atoms with E-state index in [1.54, 1.807) is 0 Å². The molecular weight excluding hydrogens is 234 g/mol. The van der Waals surface area contributed by atoms with Crippen molar-refractivity contribution in [3.8, 4) is 0 Å². The van der Waals surface area contributed by atoms with Crippen LogP contribution in [-0.4, -0.2) is 24.5 Å². The second kappa shape index (κ2) is 5.25. The molecule has 4 nitrogen and oxygen atoms in total. The largest absolute Gasteiger partial charge is 0.319 e. The van der Waals surface area contributed by atoms with Crippen LogP contribution < -0.4 is 10.6 Å². The van der Waals surface area contributed by atoms with Gasteiger partial charge in [0.2, 0.25) is 5.91 Å². The summed E-state index contributed by atoms with van der Waals surface area (Å²) in [4.78, 5) is 16.0. The van der Waals surface area contributed by atoms with Crippen LogP contribution in [0.15, 0.2) is 18.2 Å². The molecule has 0 saturated heterocycles. The highest BCUT2D eigenvalue weighted by molar-refractivity contribution is 7.22. The molecule has 0 spiro atoms. The number of carbonyl (C=O) groups is 1. The van der Waals surface area contributed by atoms with Gasteiger partial charge < -0.3 is 10.6 Å². The lowest BCUT2D eigenvalue weighted by Gasteiger charge is -1.99. The second-order valence-electron chi connectivity index (χ2n) is 3.84. The van der Waals surface area contributed by atoms with Gasteiger partial charge in [0.1, 0.15) is 0 Å². The van der Waals surface area contributed by atoms with Crippen LogP contribution in [0.25, 0.3) is 10.2 Å². The minimum absolute atomic E-state index is 0.00365. The van der Waals surface area contributed by atoms with Crippen LogP contribution in [0.5, 0.6) is 0 Å². The van der Waals surface area contributed by atoms with E-state index >= 15 is 0 Å². The van der Waals surface area contributed by atoms with Gasteiger partial charge in [-0.15, -0.1) is 0 Å². The Morgan fingerprint density at radius 3 is 3.00 bits per heavy atom. The van der Waals surface area contributed by atoms with Crippen molar-refractivity contribution in [2.75, 3.05) is 18.9 Å². The Morgan fingerprint density at radius 2 is 2.29 bits per heavy atom. The Kier molecular flexibility index (Phi) is 3.71. The van der Waals surface area contributed by atoms with Crippen LogP contribution >= 0.6 is 11.3 Å². The number of amides is 1. The molecule has 0 aliphatic carbocycles. The van der Waals surface area contributed by atoms with Gasteiger partial charge in [0.15, 0.2) is 5.13 Å². The van der Waals surface area contributed by atoms with E-state index in [4.69, 9.17) is 0 Å². The van der Waals surface area contributed by atoms with Crippen molar-refractivity contribution in [2.24, 2.45) is 0 Å². The van der Waals surface area contributed by atoms with E-state index in [9.17, 15) is 4.79 Å². The van der Waals surface area contributed by atoms with Crippen LogP contribution in [-0.2, 0) is 4.79 Å². The molecule has 2 rings (SSSR count). The number of para-hydroxylation sites is 1. The number of carbonyl (C=O) groups excluding carboxylic acids is 1. The van der Waals surface area contributed by atoms with Crippen LogP contribution in [0.4, 0.5) is 5.13 Å². The summed E-state index contributed by atoms with van der Waals surface area (Å²) < 4.78 is 1.11. The molecular formula is C12H15N3OS. The minimum Gasteiger partial charge on any atom is -0.319 e. The molecule has 1 aromatic carbocycles. The topological polar surface area (TPSA) is 54.0 Å². The molecule has 0 aliphatic rings. The van der Waals surface area contributed by atoms with E-state index in [-0.39, 0.29) is 5.91 Å². The smallest absolute Gasteiger partial charge is 0.227 e. The van der Waals surface area contributed by atoms with E-state index in [1.165, 1.54) is 11.3 Å². The Bertz CT molecular complexity index is 536. The van der Waals surface area contributed by atoms with Gasteiger partial charge in [-0.2, -0.15) is 0 Å². The number of hydrogen-bond acceptors (Lipinski definition) is 4. The fourth-order valence-electron chi connectivity index (χ4n) is 1.56. The van der Waals surface area contributed by atoms with E-state index in [0.717, 1.165) is 15.8 Å². The lowest BCUT2D eigenvalue weighted by atomic mass is 10.2. The van der Waals surface area contributed by atoms with E-state index in [0.29, 0.717) is 18.1 Å². The lowest BCUT2D eigenvalue weighted by Crippen LogP contribution is -2.18. The number of aryl methyl sites for hydroxylation is 1. The zero-order valence-electron chi connectivity index (χ0n) is 9.91. The molecule has 0 saturated carbocycles. The number of rotatable bonds is 4. The third kappa shape index (κ3) is 2.81. The second-order valence-corrected chi connectivity index (χ2v) is 4.87. The maximum Gasteiger partial charge on any atom is 0.227 e. The number of benzene rings is 1. The maximum absolute atomic E-state index is 11.5. The van der Waals surface area contributed by atoms with Crippen molar-refractivity contribution in [1.82, 2.24) is 10.3 Å². The number of thiazole rings is 1. The minimum atomic E-state index is -0.00365. The number of nitrogens with one attached hydrogen (secondary N) is 2. The van der Waals surface area contributed by atoms with Crippen LogP contribution in [0.1, 0.15) is 12.0 Å². The molecule has 17 heavy (non-hydrogen) atoms. The Morgan fingerprint density at radius 1 is 1.47 bits per heavy atom. The number of nitrogens with zero attached hydrogens (tertiary/aromatic N) is 1. The van der Waals surface area contributed by atoms with Gasteiger partial charge in [-0.05, 0) is 25.6 Å². The van der Waals surface area contributed by atoms with Crippen molar-refractivity contribution < 1.29 is 4.79 Å². The SMILES string of the molecule is CNCCC(=O)Nc1nc2c(C)cccc2s1. The summed E-state index contributed by atoms with van der Waals surface area (Å²) in [7, 11) is 1.83. The van der Waals surface area contributed by atoms with Gasteiger partial charge >= 0.3 is 0 Å². The molecule has 2 aromatic rings. The standard InChI is InChI=1S/C12H15N3OS/c1-8-4-3-5-9-11(8)15-12(17-9)14-10(16)6-7-13-2/h3-5,13H,6-7H2,1-2H3,(H,14,15,16). The molecule has 1 amide bonds. The molecule has 90 valence electrons. The predicted molar refractivity (Wildman–Crippen MR) is 71.5 cm³/mol. The average Bonchev–Trinajstić information content (AvgIpc) is 2.70. The summed E-state index contributed by atoms with van der Waals surface area (Å²) in [5.41, 5.74) is 2.11. The third-order valence-corrected chi connectivity index (χ3v) is 3.41. The number of aromatic nitrogens is 1. The van der Waals surface area contributed by atoms with E-state index < -0.39 is 0 Å². The maximum atomic E-state index is 11.5. The predicted octanol–water partition coefficient (Wildman–Crippen LogP) is 2.15. The highest BCUT2D eigenvalue weighted by Gasteiger charge is 2.08. The third-order valence-electron chi connectivity index (χ3n) is 2.47. The number of hydrogen-bond donors (Lipinski definition) is 2. The average molecular weight is 249 g/mol. The quantitative estimate of drug-likeness (QED) is 0.873. The first kappa shape index (κ1) is 12.0. The highest BCUT2D eigenvalue weighted by atomic mass is 32.1. The first-order chi connectivity index (χ1) is 8.20. The van der Waals surface area contributed by atoms with Gasteiger partial charge in [0.05, 0.1) is 10.2 Å².